The molecule has 2 heteroatoms. The van der Waals surface area contributed by atoms with E-state index in [1.165, 1.54) is 19.4 Å². The highest BCUT2D eigenvalue weighted by atomic mass is 16.5. The quantitative estimate of drug-likeness (QED) is 0.459. The number of nitrogens with zero attached hydrogens (tertiary/aromatic N) is 1. The molecule has 0 atom stereocenters. The summed E-state index contributed by atoms with van der Waals surface area (Å²) in [4.78, 5) is 2.47. The van der Waals surface area contributed by atoms with Crippen LogP contribution in [0.15, 0.2) is 0 Å². The van der Waals surface area contributed by atoms with Crippen LogP contribution < -0.4 is 0 Å². The van der Waals surface area contributed by atoms with E-state index in [1.54, 1.807) is 0 Å². The molecule has 1 saturated carbocycles. The molecule has 5 fully saturated rings. The summed E-state index contributed by atoms with van der Waals surface area (Å²) in [5.74, 6) is 0. The normalized spacial score (nSPS) is 62.3. The molecule has 0 aromatic heterocycles. The predicted octanol–water partition coefficient (Wildman–Crippen LogP) is 0.233. The van der Waals surface area contributed by atoms with Crippen molar-refractivity contribution in [2.24, 2.45) is 0 Å². The fourth-order valence-electron chi connectivity index (χ4n) is 2.78. The molecule has 0 spiro atoms. The molecule has 4 heterocycles. The van der Waals surface area contributed by atoms with Crippen molar-refractivity contribution >= 4 is 0 Å². The maximum atomic E-state index is 5.63. The highest BCUT2D eigenvalue weighted by Gasteiger charge is 2.70. The first-order valence-electron chi connectivity index (χ1n) is 3.60. The number of ether oxygens (including phenoxy) is 1. The van der Waals surface area contributed by atoms with Crippen molar-refractivity contribution in [2.45, 2.75) is 24.0 Å². The zero-order chi connectivity index (χ0) is 6.11. The molecule has 5 aliphatic rings. The first-order valence-corrected chi connectivity index (χ1v) is 3.60. The molecule has 2 bridgehead atoms. The third kappa shape index (κ3) is 0.310. The summed E-state index contributed by atoms with van der Waals surface area (Å²) >= 11 is 0. The van der Waals surface area contributed by atoms with E-state index in [0.717, 1.165) is 6.61 Å². The summed E-state index contributed by atoms with van der Waals surface area (Å²) < 4.78 is 5.63. The average molecular weight is 125 g/mol. The predicted molar refractivity (Wildman–Crippen MR) is 33.3 cm³/mol. The molecule has 0 unspecified atom stereocenters. The minimum Gasteiger partial charge on any atom is -0.372 e. The SMILES string of the molecule is CN1CC23CC1(CO2)C3. The van der Waals surface area contributed by atoms with Crippen LogP contribution in [0.1, 0.15) is 12.8 Å². The van der Waals surface area contributed by atoms with Crippen LogP contribution in [-0.4, -0.2) is 36.2 Å². The maximum Gasteiger partial charge on any atom is 0.0846 e. The molecule has 0 aromatic carbocycles. The molecule has 9 heavy (non-hydrogen) atoms. The van der Waals surface area contributed by atoms with Gasteiger partial charge < -0.3 is 4.74 Å². The van der Waals surface area contributed by atoms with Crippen molar-refractivity contribution in [1.29, 1.82) is 0 Å². The van der Waals surface area contributed by atoms with E-state index in [2.05, 4.69) is 11.9 Å². The van der Waals surface area contributed by atoms with Crippen molar-refractivity contribution in [3.63, 3.8) is 0 Å². The molecule has 2 nitrogen and oxygen atoms in total. The molecule has 4 saturated heterocycles. The van der Waals surface area contributed by atoms with Crippen molar-refractivity contribution < 1.29 is 4.74 Å². The van der Waals surface area contributed by atoms with Gasteiger partial charge in [-0.1, -0.05) is 0 Å². The van der Waals surface area contributed by atoms with Gasteiger partial charge in [-0.05, 0) is 19.9 Å². The van der Waals surface area contributed by atoms with Crippen LogP contribution >= 0.6 is 0 Å². The van der Waals surface area contributed by atoms with Gasteiger partial charge in [0.25, 0.3) is 0 Å². The van der Waals surface area contributed by atoms with Gasteiger partial charge in [0.15, 0.2) is 0 Å². The number of fused-ring (bicyclic) bond motifs is 2. The Balaban J connectivity index is 2.11. The van der Waals surface area contributed by atoms with Crippen LogP contribution in [0.2, 0.25) is 0 Å². The summed E-state index contributed by atoms with van der Waals surface area (Å²) in [5.41, 5.74) is 0.856. The van der Waals surface area contributed by atoms with Gasteiger partial charge >= 0.3 is 0 Å². The van der Waals surface area contributed by atoms with Crippen molar-refractivity contribution in [3.05, 3.63) is 0 Å². The Morgan fingerprint density at radius 1 is 1.44 bits per heavy atom. The molecule has 4 aliphatic heterocycles. The van der Waals surface area contributed by atoms with Gasteiger partial charge in [0.1, 0.15) is 0 Å². The summed E-state index contributed by atoms with van der Waals surface area (Å²) in [6.07, 6.45) is 2.63. The second-order valence-corrected chi connectivity index (χ2v) is 3.91. The van der Waals surface area contributed by atoms with Gasteiger partial charge in [0.05, 0.1) is 12.2 Å². The van der Waals surface area contributed by atoms with E-state index >= 15 is 0 Å². The molecular formula is C7H11NO. The minimum atomic E-state index is 0.342. The van der Waals surface area contributed by atoms with E-state index < -0.39 is 0 Å². The summed E-state index contributed by atoms with van der Waals surface area (Å²) in [6.45, 7) is 2.19. The van der Waals surface area contributed by atoms with Gasteiger partial charge in [-0.15, -0.1) is 0 Å². The number of hydrogen-bond acceptors (Lipinski definition) is 2. The van der Waals surface area contributed by atoms with E-state index in [4.69, 9.17) is 4.74 Å². The van der Waals surface area contributed by atoms with Gasteiger partial charge in [0.2, 0.25) is 0 Å². The Morgan fingerprint density at radius 2 is 2.22 bits per heavy atom. The lowest BCUT2D eigenvalue weighted by Gasteiger charge is -2.33. The Bertz CT molecular complexity index is 166. The molecule has 0 aromatic rings. The second kappa shape index (κ2) is 0.956. The molecule has 1 aliphatic carbocycles. The molecular weight excluding hydrogens is 114 g/mol. The Morgan fingerprint density at radius 3 is 2.44 bits per heavy atom. The molecule has 0 radical (unpaired) electrons. The highest BCUT2D eigenvalue weighted by Crippen LogP contribution is 2.60. The van der Waals surface area contributed by atoms with E-state index in [1.807, 2.05) is 0 Å². The molecule has 50 valence electrons. The van der Waals surface area contributed by atoms with Crippen LogP contribution in [-0.2, 0) is 4.74 Å². The molecule has 0 amide bonds. The fraction of sp³-hybridized carbons (Fsp3) is 1.00. The summed E-state index contributed by atoms with van der Waals surface area (Å²) in [5, 5.41) is 0. The van der Waals surface area contributed by atoms with Crippen LogP contribution in [0.3, 0.4) is 0 Å². The first kappa shape index (κ1) is 4.69. The lowest BCUT2D eigenvalue weighted by Crippen LogP contribution is -2.44. The third-order valence-corrected chi connectivity index (χ3v) is 3.28. The van der Waals surface area contributed by atoms with Gasteiger partial charge in [-0.25, -0.2) is 0 Å². The standard InChI is InChI=1S/C7H11NO/c1-8-4-7-2-6(8,3-7)5-9-7/h2-5H2,1H3. The average Bonchev–Trinajstić information content (AvgIpc) is 2.27. The zero-order valence-electron chi connectivity index (χ0n) is 5.68. The number of likely N-dealkylation sites (N-methyl/N-ethyl adjacent to an activating group) is 1. The largest absolute Gasteiger partial charge is 0.372 e. The van der Waals surface area contributed by atoms with Gasteiger partial charge in [-0.2, -0.15) is 0 Å². The third-order valence-electron chi connectivity index (χ3n) is 3.28. The van der Waals surface area contributed by atoms with Crippen molar-refractivity contribution in [3.8, 4) is 0 Å². The van der Waals surface area contributed by atoms with E-state index in [-0.39, 0.29) is 0 Å². The van der Waals surface area contributed by atoms with E-state index in [0.29, 0.717) is 11.1 Å². The lowest BCUT2D eigenvalue weighted by atomic mass is 9.74. The summed E-state index contributed by atoms with van der Waals surface area (Å²) in [6, 6.07) is 0. The molecule has 0 N–H and O–H groups in total. The van der Waals surface area contributed by atoms with Gasteiger partial charge in [0, 0.05) is 12.1 Å². The lowest BCUT2D eigenvalue weighted by molar-refractivity contribution is 0.0162. The van der Waals surface area contributed by atoms with Crippen LogP contribution in [0.4, 0.5) is 0 Å². The number of morpholine rings is 1. The number of hydrogen-bond donors (Lipinski definition) is 0. The Kier molecular flexibility index (Phi) is 0.498. The summed E-state index contributed by atoms with van der Waals surface area (Å²) in [7, 11) is 2.22. The van der Waals surface area contributed by atoms with Crippen LogP contribution in [0, 0.1) is 0 Å². The smallest absolute Gasteiger partial charge is 0.0846 e. The highest BCUT2D eigenvalue weighted by molar-refractivity contribution is 5.24. The zero-order valence-corrected chi connectivity index (χ0v) is 5.68. The van der Waals surface area contributed by atoms with Crippen LogP contribution in [0.5, 0.6) is 0 Å². The van der Waals surface area contributed by atoms with Crippen LogP contribution in [0.25, 0.3) is 0 Å². The molecule has 5 rings (SSSR count). The van der Waals surface area contributed by atoms with Crippen molar-refractivity contribution in [2.75, 3.05) is 20.2 Å². The van der Waals surface area contributed by atoms with Crippen molar-refractivity contribution in [1.82, 2.24) is 4.90 Å². The fourth-order valence-corrected chi connectivity index (χ4v) is 2.78. The Labute approximate surface area is 54.8 Å². The first-order chi connectivity index (χ1) is 4.25. The number of rotatable bonds is 0. The topological polar surface area (TPSA) is 12.5 Å². The maximum absolute atomic E-state index is 5.63. The monoisotopic (exact) mass is 125 g/mol. The van der Waals surface area contributed by atoms with Gasteiger partial charge in [-0.3, -0.25) is 4.90 Å². The Hall–Kier alpha value is -0.0800. The second-order valence-electron chi connectivity index (χ2n) is 3.91. The minimum absolute atomic E-state index is 0.342. The van der Waals surface area contributed by atoms with E-state index in [9.17, 15) is 0 Å².